The molecule has 0 radical (unpaired) electrons. The summed E-state index contributed by atoms with van der Waals surface area (Å²) in [5, 5.41) is 13.2. The van der Waals surface area contributed by atoms with Crippen LogP contribution in [0.25, 0.3) is 0 Å². The zero-order chi connectivity index (χ0) is 23.3. The van der Waals surface area contributed by atoms with Crippen LogP contribution in [0.15, 0.2) is 36.4 Å². The Labute approximate surface area is 188 Å². The summed E-state index contributed by atoms with van der Waals surface area (Å²) in [5.74, 6) is 0.344. The van der Waals surface area contributed by atoms with Gasteiger partial charge in [-0.15, -0.1) is 5.10 Å². The number of anilines is 3. The van der Waals surface area contributed by atoms with Crippen molar-refractivity contribution in [1.29, 1.82) is 0 Å². The lowest BCUT2D eigenvalue weighted by Gasteiger charge is -2.10. The van der Waals surface area contributed by atoms with Gasteiger partial charge in [0.1, 0.15) is 12.3 Å². The van der Waals surface area contributed by atoms with E-state index in [1.54, 1.807) is 36.4 Å². The molecule has 0 saturated carbocycles. The number of halogens is 1. The number of nitrogens with two attached hydrogens (primary N) is 1. The van der Waals surface area contributed by atoms with E-state index in [1.165, 1.54) is 21.3 Å². The van der Waals surface area contributed by atoms with E-state index in [0.29, 0.717) is 33.6 Å². The lowest BCUT2D eigenvalue weighted by molar-refractivity contribution is -0.116. The fourth-order valence-corrected chi connectivity index (χ4v) is 3.04. The highest BCUT2D eigenvalue weighted by atomic mass is 35.5. The molecule has 0 unspecified atom stereocenters. The first-order valence-electron chi connectivity index (χ1n) is 9.22. The lowest BCUT2D eigenvalue weighted by Crippen LogP contribution is -2.21. The zero-order valence-corrected chi connectivity index (χ0v) is 18.3. The van der Waals surface area contributed by atoms with Gasteiger partial charge < -0.3 is 30.6 Å². The Bertz CT molecular complexity index is 1150. The van der Waals surface area contributed by atoms with E-state index in [0.717, 1.165) is 4.68 Å². The summed E-state index contributed by atoms with van der Waals surface area (Å²) in [6, 6.07) is 9.67. The van der Waals surface area contributed by atoms with Gasteiger partial charge >= 0.3 is 0 Å². The van der Waals surface area contributed by atoms with Crippen molar-refractivity contribution in [2.75, 3.05) is 37.7 Å². The molecular weight excluding hydrogens is 440 g/mol. The molecule has 0 spiro atoms. The number of aromatic nitrogens is 3. The van der Waals surface area contributed by atoms with Crippen molar-refractivity contribution in [3.05, 3.63) is 47.1 Å². The summed E-state index contributed by atoms with van der Waals surface area (Å²) in [4.78, 5) is 24.9. The van der Waals surface area contributed by atoms with Crippen LogP contribution in [0.3, 0.4) is 0 Å². The Morgan fingerprint density at radius 3 is 2.22 bits per heavy atom. The monoisotopic (exact) mass is 460 g/mol. The second-order valence-electron chi connectivity index (χ2n) is 6.40. The molecule has 32 heavy (non-hydrogen) atoms. The molecule has 2 amide bonds. The Morgan fingerprint density at radius 2 is 1.59 bits per heavy atom. The standard InChI is InChI=1S/C20H21ClN6O5/c1-30-14-6-4-11(8-13(14)21)23-17(28)10-27-19(22)18(25-26-27)20(29)24-12-5-7-15(31-2)16(9-12)32-3/h4-9H,10,22H2,1-3H3,(H,23,28)(H,24,29). The van der Waals surface area contributed by atoms with Crippen molar-refractivity contribution in [2.45, 2.75) is 6.54 Å². The van der Waals surface area contributed by atoms with Crippen LogP contribution in [0.5, 0.6) is 17.2 Å². The maximum atomic E-state index is 12.6. The van der Waals surface area contributed by atoms with Gasteiger partial charge in [0.15, 0.2) is 23.0 Å². The molecule has 0 aliphatic rings. The van der Waals surface area contributed by atoms with Gasteiger partial charge in [0.05, 0.1) is 26.4 Å². The van der Waals surface area contributed by atoms with Crippen molar-refractivity contribution >= 4 is 40.6 Å². The maximum Gasteiger partial charge on any atom is 0.280 e. The molecule has 0 aliphatic heterocycles. The molecule has 1 heterocycles. The van der Waals surface area contributed by atoms with Crippen molar-refractivity contribution in [3.8, 4) is 17.2 Å². The van der Waals surface area contributed by atoms with E-state index in [4.69, 9.17) is 31.5 Å². The highest BCUT2D eigenvalue weighted by Gasteiger charge is 2.20. The fraction of sp³-hybridized carbons (Fsp3) is 0.200. The van der Waals surface area contributed by atoms with E-state index in [9.17, 15) is 9.59 Å². The predicted octanol–water partition coefficient (Wildman–Crippen LogP) is 2.43. The highest BCUT2D eigenvalue weighted by Crippen LogP contribution is 2.30. The third-order valence-corrected chi connectivity index (χ3v) is 4.65. The minimum Gasteiger partial charge on any atom is -0.495 e. The lowest BCUT2D eigenvalue weighted by atomic mass is 10.2. The number of rotatable bonds is 8. The van der Waals surface area contributed by atoms with E-state index in [2.05, 4.69) is 20.9 Å². The summed E-state index contributed by atoms with van der Waals surface area (Å²) >= 11 is 6.06. The van der Waals surface area contributed by atoms with Crippen molar-refractivity contribution in [1.82, 2.24) is 15.0 Å². The average molecular weight is 461 g/mol. The summed E-state index contributed by atoms with van der Waals surface area (Å²) in [6.07, 6.45) is 0. The largest absolute Gasteiger partial charge is 0.495 e. The van der Waals surface area contributed by atoms with Crippen LogP contribution >= 0.6 is 11.6 Å². The minimum absolute atomic E-state index is 0.0640. The van der Waals surface area contributed by atoms with Crippen LogP contribution in [0.2, 0.25) is 5.02 Å². The van der Waals surface area contributed by atoms with Gasteiger partial charge in [-0.1, -0.05) is 16.8 Å². The molecule has 1 aromatic heterocycles. The van der Waals surface area contributed by atoms with Gasteiger partial charge in [-0.05, 0) is 30.3 Å². The van der Waals surface area contributed by atoms with E-state index in [-0.39, 0.29) is 18.1 Å². The summed E-state index contributed by atoms with van der Waals surface area (Å²) in [5.41, 5.74) is 6.76. The van der Waals surface area contributed by atoms with E-state index >= 15 is 0 Å². The van der Waals surface area contributed by atoms with Crippen LogP contribution in [0, 0.1) is 0 Å². The number of methoxy groups -OCH3 is 3. The summed E-state index contributed by atoms with van der Waals surface area (Å²) in [6.45, 7) is -0.258. The molecule has 4 N–H and O–H groups in total. The highest BCUT2D eigenvalue weighted by molar-refractivity contribution is 6.32. The number of nitrogen functional groups attached to an aromatic ring is 1. The molecule has 0 saturated heterocycles. The second kappa shape index (κ2) is 9.88. The maximum absolute atomic E-state index is 12.6. The van der Waals surface area contributed by atoms with E-state index in [1.807, 2.05) is 0 Å². The van der Waals surface area contributed by atoms with E-state index < -0.39 is 11.8 Å². The smallest absolute Gasteiger partial charge is 0.280 e. The Kier molecular flexibility index (Phi) is 7.00. The van der Waals surface area contributed by atoms with Crippen LogP contribution < -0.4 is 30.6 Å². The van der Waals surface area contributed by atoms with Gasteiger partial charge in [0.2, 0.25) is 5.91 Å². The number of nitrogens with zero attached hydrogens (tertiary/aromatic N) is 3. The minimum atomic E-state index is -0.594. The van der Waals surface area contributed by atoms with Gasteiger partial charge in [0, 0.05) is 17.4 Å². The molecule has 0 atom stereocenters. The first-order valence-corrected chi connectivity index (χ1v) is 9.59. The van der Waals surface area contributed by atoms with Crippen LogP contribution in [0.1, 0.15) is 10.5 Å². The molecular formula is C20H21ClN6O5. The third-order valence-electron chi connectivity index (χ3n) is 4.36. The molecule has 3 rings (SSSR count). The number of amides is 2. The van der Waals surface area contributed by atoms with Gasteiger partial charge in [-0.25, -0.2) is 4.68 Å². The Morgan fingerprint density at radius 1 is 0.969 bits per heavy atom. The number of hydrogen-bond donors (Lipinski definition) is 3. The molecule has 168 valence electrons. The van der Waals surface area contributed by atoms with Crippen molar-refractivity contribution in [2.24, 2.45) is 0 Å². The Balaban J connectivity index is 1.67. The van der Waals surface area contributed by atoms with Crippen LogP contribution in [-0.2, 0) is 11.3 Å². The van der Waals surface area contributed by atoms with Crippen molar-refractivity contribution in [3.63, 3.8) is 0 Å². The number of ether oxygens (including phenoxy) is 3. The first kappa shape index (κ1) is 22.7. The zero-order valence-electron chi connectivity index (χ0n) is 17.5. The summed E-state index contributed by atoms with van der Waals surface area (Å²) < 4.78 is 16.6. The number of benzene rings is 2. The molecule has 2 aromatic carbocycles. The number of carbonyl (C=O) groups excluding carboxylic acids is 2. The number of carbonyl (C=O) groups is 2. The fourth-order valence-electron chi connectivity index (χ4n) is 2.78. The SMILES string of the molecule is COc1ccc(NC(=O)Cn2nnc(C(=O)Nc3ccc(OC)c(OC)c3)c2N)cc1Cl. The number of hydrogen-bond acceptors (Lipinski definition) is 8. The second-order valence-corrected chi connectivity index (χ2v) is 6.81. The topological polar surface area (TPSA) is 143 Å². The normalized spacial score (nSPS) is 10.4. The molecule has 0 aliphatic carbocycles. The Hall–Kier alpha value is -3.99. The quantitative estimate of drug-likeness (QED) is 0.465. The molecule has 11 nitrogen and oxygen atoms in total. The van der Waals surface area contributed by atoms with Crippen LogP contribution in [-0.4, -0.2) is 48.1 Å². The van der Waals surface area contributed by atoms with Crippen molar-refractivity contribution < 1.29 is 23.8 Å². The summed E-state index contributed by atoms with van der Waals surface area (Å²) in [7, 11) is 4.48. The average Bonchev–Trinajstić information content (AvgIpc) is 3.13. The molecule has 0 fully saturated rings. The molecule has 12 heteroatoms. The predicted molar refractivity (Wildman–Crippen MR) is 119 cm³/mol. The van der Waals surface area contributed by atoms with Gasteiger partial charge in [0.25, 0.3) is 5.91 Å². The first-order chi connectivity index (χ1) is 15.4. The number of nitrogens with one attached hydrogen (secondary N) is 2. The molecule has 0 bridgehead atoms. The van der Waals surface area contributed by atoms with Crippen LogP contribution in [0.4, 0.5) is 17.2 Å². The van der Waals surface area contributed by atoms with Gasteiger partial charge in [-0.3, -0.25) is 9.59 Å². The van der Waals surface area contributed by atoms with Gasteiger partial charge in [-0.2, -0.15) is 0 Å². The molecule has 3 aromatic rings. The third kappa shape index (κ3) is 5.01.